The first kappa shape index (κ1) is 14.4. The van der Waals surface area contributed by atoms with E-state index in [9.17, 15) is 13.2 Å². The third kappa shape index (κ3) is 2.96. The lowest BCUT2D eigenvalue weighted by Gasteiger charge is -2.13. The smallest absolute Gasteiger partial charge is 0.384 e. The minimum atomic E-state index is -4.56. The van der Waals surface area contributed by atoms with Crippen LogP contribution in [0.2, 0.25) is 0 Å². The number of imidazole rings is 1. The van der Waals surface area contributed by atoms with Gasteiger partial charge in [-0.2, -0.15) is 13.2 Å². The van der Waals surface area contributed by atoms with E-state index in [1.54, 1.807) is 24.0 Å². The molecule has 0 bridgehead atoms. The van der Waals surface area contributed by atoms with Crippen LogP contribution in [0.25, 0.3) is 0 Å². The molecule has 0 saturated carbocycles. The maximum Gasteiger partial charge on any atom is 0.417 e. The predicted octanol–water partition coefficient (Wildman–Crippen LogP) is 2.87. The molecular weight excluding hydrogens is 289 g/mol. The van der Waals surface area contributed by atoms with Crippen molar-refractivity contribution in [2.24, 2.45) is 12.8 Å². The topological polar surface area (TPSA) is 67.7 Å². The Morgan fingerprint density at radius 3 is 2.60 bits per heavy atom. The molecule has 0 fully saturated rings. The molecule has 0 unspecified atom stereocenters. The molecule has 0 amide bonds. The maximum atomic E-state index is 13.0. The fourth-order valence-corrected chi connectivity index (χ4v) is 2.45. The average molecular weight is 300 g/mol. The largest absolute Gasteiger partial charge is 0.417 e. The minimum absolute atomic E-state index is 0.318. The Kier molecular flexibility index (Phi) is 3.76. The van der Waals surface area contributed by atoms with Crippen molar-refractivity contribution in [3.05, 3.63) is 41.7 Å². The summed E-state index contributed by atoms with van der Waals surface area (Å²) in [5.41, 5.74) is 3.95. The number of alkyl halides is 3. The summed E-state index contributed by atoms with van der Waals surface area (Å²) in [5.74, 6) is -0.606. The summed E-state index contributed by atoms with van der Waals surface area (Å²) in [5, 5.41) is 7.79. The van der Waals surface area contributed by atoms with E-state index >= 15 is 0 Å². The number of amidine groups is 1. The fraction of sp³-hybridized carbons (Fsp3) is 0.167. The Balaban J connectivity index is 2.42. The third-order valence-corrected chi connectivity index (χ3v) is 3.64. The summed E-state index contributed by atoms with van der Waals surface area (Å²) in [6, 6.07) is 3.68. The van der Waals surface area contributed by atoms with Crippen LogP contribution in [-0.4, -0.2) is 15.4 Å². The van der Waals surface area contributed by atoms with Gasteiger partial charge in [0.05, 0.1) is 5.56 Å². The van der Waals surface area contributed by atoms with Gasteiger partial charge in [0, 0.05) is 29.9 Å². The van der Waals surface area contributed by atoms with Crippen molar-refractivity contribution in [1.82, 2.24) is 9.55 Å². The Labute approximate surface area is 117 Å². The van der Waals surface area contributed by atoms with Crippen molar-refractivity contribution in [3.8, 4) is 0 Å². The zero-order chi connectivity index (χ0) is 14.9. The quantitative estimate of drug-likeness (QED) is 0.676. The van der Waals surface area contributed by atoms with Crippen molar-refractivity contribution in [2.45, 2.75) is 16.2 Å². The second-order valence-corrected chi connectivity index (χ2v) is 5.08. The molecule has 0 aliphatic rings. The van der Waals surface area contributed by atoms with E-state index in [1.165, 1.54) is 12.1 Å². The summed E-state index contributed by atoms with van der Waals surface area (Å²) in [7, 11) is 1.75. The van der Waals surface area contributed by atoms with Gasteiger partial charge in [-0.3, -0.25) is 5.41 Å². The number of aromatic nitrogens is 2. The Morgan fingerprint density at radius 1 is 1.40 bits per heavy atom. The molecule has 1 aromatic carbocycles. The lowest BCUT2D eigenvalue weighted by atomic mass is 10.1. The van der Waals surface area contributed by atoms with Crippen LogP contribution < -0.4 is 5.73 Å². The van der Waals surface area contributed by atoms with Gasteiger partial charge < -0.3 is 10.3 Å². The highest BCUT2D eigenvalue weighted by Crippen LogP contribution is 2.36. The Morgan fingerprint density at radius 2 is 2.10 bits per heavy atom. The van der Waals surface area contributed by atoms with Crippen LogP contribution in [0.1, 0.15) is 11.1 Å². The van der Waals surface area contributed by atoms with E-state index in [-0.39, 0.29) is 5.56 Å². The van der Waals surface area contributed by atoms with Gasteiger partial charge >= 0.3 is 6.18 Å². The van der Waals surface area contributed by atoms with E-state index in [4.69, 9.17) is 11.1 Å². The standard InChI is InChI=1S/C12H11F3N4S/c1-19-5-4-18-11(19)20-7-2-3-8(10(16)17)9(6-7)12(13,14)15/h2-6H,1H3,(H3,16,17). The van der Waals surface area contributed by atoms with Crippen LogP contribution in [0.3, 0.4) is 0 Å². The van der Waals surface area contributed by atoms with Gasteiger partial charge in [0.15, 0.2) is 5.16 Å². The van der Waals surface area contributed by atoms with Crippen LogP contribution >= 0.6 is 11.8 Å². The number of nitrogens with two attached hydrogens (primary N) is 1. The zero-order valence-corrected chi connectivity index (χ0v) is 11.2. The number of nitrogen functional groups attached to an aromatic ring is 1. The molecule has 0 aliphatic heterocycles. The molecule has 20 heavy (non-hydrogen) atoms. The highest BCUT2D eigenvalue weighted by atomic mass is 32.2. The monoisotopic (exact) mass is 300 g/mol. The number of nitrogens with zero attached hydrogens (tertiary/aromatic N) is 2. The van der Waals surface area contributed by atoms with E-state index in [2.05, 4.69) is 4.98 Å². The van der Waals surface area contributed by atoms with Gasteiger partial charge in [0.1, 0.15) is 5.84 Å². The number of nitrogens with one attached hydrogen (secondary N) is 1. The first-order chi connectivity index (χ1) is 9.29. The van der Waals surface area contributed by atoms with Crippen molar-refractivity contribution in [3.63, 3.8) is 0 Å². The van der Waals surface area contributed by atoms with Crippen molar-refractivity contribution in [2.75, 3.05) is 0 Å². The van der Waals surface area contributed by atoms with Gasteiger partial charge in [0.2, 0.25) is 0 Å². The first-order valence-corrected chi connectivity index (χ1v) is 6.31. The van der Waals surface area contributed by atoms with Gasteiger partial charge in [-0.1, -0.05) is 11.8 Å². The molecule has 1 aromatic heterocycles. The molecule has 0 saturated heterocycles. The number of hydrogen-bond acceptors (Lipinski definition) is 3. The van der Waals surface area contributed by atoms with Crippen LogP contribution in [0.15, 0.2) is 40.6 Å². The van der Waals surface area contributed by atoms with Gasteiger partial charge in [-0.25, -0.2) is 4.98 Å². The van der Waals surface area contributed by atoms with Gasteiger partial charge in [-0.05, 0) is 18.2 Å². The third-order valence-electron chi connectivity index (χ3n) is 2.57. The number of aryl methyl sites for hydroxylation is 1. The summed E-state index contributed by atoms with van der Waals surface area (Å²) in [6.07, 6.45) is -1.28. The molecule has 1 heterocycles. The summed E-state index contributed by atoms with van der Waals surface area (Å²) in [6.45, 7) is 0. The highest BCUT2D eigenvalue weighted by molar-refractivity contribution is 7.99. The molecule has 0 spiro atoms. The number of halogens is 3. The Hall–Kier alpha value is -1.96. The van der Waals surface area contributed by atoms with Crippen LogP contribution in [0.5, 0.6) is 0 Å². The van der Waals surface area contributed by atoms with E-state index < -0.39 is 17.6 Å². The molecule has 2 aromatic rings. The van der Waals surface area contributed by atoms with Crippen molar-refractivity contribution >= 4 is 17.6 Å². The lowest BCUT2D eigenvalue weighted by molar-refractivity contribution is -0.137. The molecule has 106 valence electrons. The second kappa shape index (κ2) is 5.20. The highest BCUT2D eigenvalue weighted by Gasteiger charge is 2.34. The van der Waals surface area contributed by atoms with Crippen LogP contribution in [-0.2, 0) is 13.2 Å². The van der Waals surface area contributed by atoms with Crippen molar-refractivity contribution < 1.29 is 13.2 Å². The fourth-order valence-electron chi connectivity index (χ4n) is 1.61. The van der Waals surface area contributed by atoms with Crippen LogP contribution in [0, 0.1) is 5.41 Å². The molecule has 2 rings (SSSR count). The normalized spacial score (nSPS) is 11.6. The molecular formula is C12H11F3N4S. The summed E-state index contributed by atoms with van der Waals surface area (Å²) in [4.78, 5) is 4.42. The number of rotatable bonds is 3. The summed E-state index contributed by atoms with van der Waals surface area (Å²) >= 11 is 1.11. The summed E-state index contributed by atoms with van der Waals surface area (Å²) < 4.78 is 40.6. The lowest BCUT2D eigenvalue weighted by Crippen LogP contribution is -2.18. The second-order valence-electron chi connectivity index (χ2n) is 4.04. The molecule has 4 nitrogen and oxygen atoms in total. The number of hydrogen-bond donors (Lipinski definition) is 2. The molecule has 8 heteroatoms. The zero-order valence-electron chi connectivity index (χ0n) is 10.4. The van der Waals surface area contributed by atoms with E-state index in [1.807, 2.05) is 0 Å². The molecule has 0 radical (unpaired) electrons. The molecule has 0 aliphatic carbocycles. The van der Waals surface area contributed by atoms with Gasteiger partial charge in [0.25, 0.3) is 0 Å². The van der Waals surface area contributed by atoms with Crippen LogP contribution in [0.4, 0.5) is 13.2 Å². The number of benzene rings is 1. The predicted molar refractivity (Wildman–Crippen MR) is 69.8 cm³/mol. The minimum Gasteiger partial charge on any atom is -0.384 e. The first-order valence-electron chi connectivity index (χ1n) is 5.50. The average Bonchev–Trinajstić information content (AvgIpc) is 2.73. The van der Waals surface area contributed by atoms with E-state index in [0.717, 1.165) is 17.8 Å². The Bertz CT molecular complexity index is 648. The molecule has 3 N–H and O–H groups in total. The molecule has 0 atom stereocenters. The van der Waals surface area contributed by atoms with Gasteiger partial charge in [-0.15, -0.1) is 0 Å². The maximum absolute atomic E-state index is 13.0. The van der Waals surface area contributed by atoms with Crippen molar-refractivity contribution in [1.29, 1.82) is 5.41 Å². The van der Waals surface area contributed by atoms with E-state index in [0.29, 0.717) is 10.1 Å². The SMILES string of the molecule is Cn1ccnc1Sc1ccc(C(=N)N)c(C(F)(F)F)c1.